The number of nitro benzene ring substituents is 1. The van der Waals surface area contributed by atoms with Gasteiger partial charge in [0.15, 0.2) is 0 Å². The zero-order valence-corrected chi connectivity index (χ0v) is 15.6. The second-order valence-corrected chi connectivity index (χ2v) is 6.73. The molecule has 0 bridgehead atoms. The summed E-state index contributed by atoms with van der Waals surface area (Å²) >= 11 is 12.8. The molecule has 0 spiro atoms. The number of non-ortho nitro benzene ring substituents is 1. The highest BCUT2D eigenvalue weighted by Crippen LogP contribution is 2.40. The number of aryl methyl sites for hydroxylation is 1. The number of hydrogen-bond acceptors (Lipinski definition) is 4. The Labute approximate surface area is 164 Å². The van der Waals surface area contributed by atoms with Crippen LogP contribution in [0.3, 0.4) is 0 Å². The van der Waals surface area contributed by atoms with Crippen LogP contribution in [0.15, 0.2) is 54.9 Å². The number of benzene rings is 2. The molecule has 0 saturated heterocycles. The maximum absolute atomic E-state index is 10.9. The van der Waals surface area contributed by atoms with Crippen molar-refractivity contribution in [2.24, 2.45) is 0 Å². The van der Waals surface area contributed by atoms with Gasteiger partial charge < -0.3 is 0 Å². The minimum atomic E-state index is -0.440. The highest BCUT2D eigenvalue weighted by molar-refractivity contribution is 6.35. The van der Waals surface area contributed by atoms with Crippen LogP contribution in [-0.4, -0.2) is 19.5 Å². The summed E-state index contributed by atoms with van der Waals surface area (Å²) < 4.78 is 1.76. The van der Waals surface area contributed by atoms with Crippen LogP contribution in [0, 0.1) is 17.0 Å². The fourth-order valence-electron chi connectivity index (χ4n) is 3.07. The third-order valence-electron chi connectivity index (χ3n) is 4.33. The van der Waals surface area contributed by atoms with E-state index in [0.717, 1.165) is 22.2 Å². The van der Waals surface area contributed by atoms with E-state index in [4.69, 9.17) is 23.2 Å². The van der Waals surface area contributed by atoms with Crippen molar-refractivity contribution in [3.63, 3.8) is 0 Å². The van der Waals surface area contributed by atoms with E-state index in [-0.39, 0.29) is 5.69 Å². The molecule has 27 heavy (non-hydrogen) atoms. The lowest BCUT2D eigenvalue weighted by Crippen LogP contribution is -1.97. The molecule has 0 amide bonds. The molecule has 134 valence electrons. The zero-order valence-electron chi connectivity index (χ0n) is 14.1. The highest BCUT2D eigenvalue weighted by Gasteiger charge is 2.21. The molecule has 8 heteroatoms. The molecule has 4 rings (SSSR count). The Kier molecular flexibility index (Phi) is 4.30. The van der Waals surface area contributed by atoms with Gasteiger partial charge in [0, 0.05) is 28.4 Å². The molecular formula is C19H12Cl2N4O2. The first-order valence-corrected chi connectivity index (χ1v) is 8.75. The molecule has 0 radical (unpaired) electrons. The van der Waals surface area contributed by atoms with Crippen molar-refractivity contribution < 1.29 is 4.92 Å². The van der Waals surface area contributed by atoms with Crippen LogP contribution in [0.4, 0.5) is 5.69 Å². The van der Waals surface area contributed by atoms with E-state index in [1.807, 2.05) is 19.1 Å². The Balaban J connectivity index is 2.02. The van der Waals surface area contributed by atoms with Gasteiger partial charge in [0.2, 0.25) is 0 Å². The van der Waals surface area contributed by atoms with Crippen LogP contribution < -0.4 is 0 Å². The lowest BCUT2D eigenvalue weighted by atomic mass is 10.1. The van der Waals surface area contributed by atoms with Gasteiger partial charge in [-0.15, -0.1) is 0 Å². The van der Waals surface area contributed by atoms with Gasteiger partial charge in [-0.3, -0.25) is 14.7 Å². The molecule has 0 saturated carbocycles. The Bertz CT molecular complexity index is 1170. The second-order valence-electron chi connectivity index (χ2n) is 5.94. The fourth-order valence-corrected chi connectivity index (χ4v) is 3.58. The maximum atomic E-state index is 10.9. The van der Waals surface area contributed by atoms with Gasteiger partial charge in [-0.2, -0.15) is 0 Å². The van der Waals surface area contributed by atoms with Gasteiger partial charge >= 0.3 is 0 Å². The monoisotopic (exact) mass is 398 g/mol. The van der Waals surface area contributed by atoms with E-state index in [2.05, 4.69) is 9.97 Å². The summed E-state index contributed by atoms with van der Waals surface area (Å²) in [7, 11) is 0. The number of nitro groups is 1. The van der Waals surface area contributed by atoms with Gasteiger partial charge in [-0.25, -0.2) is 9.97 Å². The number of fused-ring (bicyclic) bond motifs is 1. The van der Waals surface area contributed by atoms with Gasteiger partial charge in [0.25, 0.3) is 5.69 Å². The van der Waals surface area contributed by atoms with E-state index >= 15 is 0 Å². The summed E-state index contributed by atoms with van der Waals surface area (Å²) in [5, 5.41) is 12.8. The first-order valence-electron chi connectivity index (χ1n) is 7.99. The summed E-state index contributed by atoms with van der Waals surface area (Å²) in [6.45, 7) is 1.89. The third kappa shape index (κ3) is 2.93. The third-order valence-corrected chi connectivity index (χ3v) is 4.94. The summed E-state index contributed by atoms with van der Waals surface area (Å²) in [5.41, 5.74) is 3.77. The quantitative estimate of drug-likeness (QED) is 0.332. The molecule has 2 aromatic carbocycles. The van der Waals surface area contributed by atoms with E-state index in [0.29, 0.717) is 21.5 Å². The van der Waals surface area contributed by atoms with Crippen molar-refractivity contribution in [2.75, 3.05) is 0 Å². The van der Waals surface area contributed by atoms with Crippen LogP contribution in [0.5, 0.6) is 0 Å². The molecule has 2 aromatic heterocycles. The van der Waals surface area contributed by atoms with Crippen LogP contribution in [0.1, 0.15) is 5.69 Å². The molecule has 0 unspecified atom stereocenters. The summed E-state index contributed by atoms with van der Waals surface area (Å²) in [6.07, 6.45) is 1.47. The molecule has 2 heterocycles. The van der Waals surface area contributed by atoms with Crippen LogP contribution in [0.25, 0.3) is 27.8 Å². The highest BCUT2D eigenvalue weighted by atomic mass is 35.5. The SMILES string of the molecule is Cc1ncnc2c1c(-c1ccc(Cl)cc1)c(Cl)n2-c1ccc([N+](=O)[O-])cc1. The molecule has 0 fully saturated rings. The second kappa shape index (κ2) is 6.64. The van der Waals surface area contributed by atoms with Gasteiger partial charge in [-0.05, 0) is 36.8 Å². The molecule has 0 atom stereocenters. The number of hydrogen-bond donors (Lipinski definition) is 0. The minimum Gasteiger partial charge on any atom is -0.284 e. The first-order chi connectivity index (χ1) is 13.0. The Morgan fingerprint density at radius 3 is 2.30 bits per heavy atom. The average Bonchev–Trinajstić information content (AvgIpc) is 2.96. The lowest BCUT2D eigenvalue weighted by molar-refractivity contribution is -0.384. The van der Waals surface area contributed by atoms with E-state index < -0.39 is 4.92 Å². The molecule has 0 aliphatic carbocycles. The lowest BCUT2D eigenvalue weighted by Gasteiger charge is -2.06. The predicted molar refractivity (Wildman–Crippen MR) is 106 cm³/mol. The number of rotatable bonds is 3. The van der Waals surface area contributed by atoms with Crippen LogP contribution in [0.2, 0.25) is 10.2 Å². The largest absolute Gasteiger partial charge is 0.284 e. The van der Waals surface area contributed by atoms with Crippen molar-refractivity contribution in [1.82, 2.24) is 14.5 Å². The predicted octanol–water partition coefficient (Wildman–Crippen LogP) is 5.61. The number of aromatic nitrogens is 3. The molecule has 4 aromatic rings. The van der Waals surface area contributed by atoms with Crippen molar-refractivity contribution in [3.8, 4) is 16.8 Å². The summed E-state index contributed by atoms with van der Waals surface area (Å²) in [5.74, 6) is 0. The van der Waals surface area contributed by atoms with Crippen LogP contribution >= 0.6 is 23.2 Å². The van der Waals surface area contributed by atoms with Crippen molar-refractivity contribution in [1.29, 1.82) is 0 Å². The molecule has 0 N–H and O–H groups in total. The van der Waals surface area contributed by atoms with Gasteiger partial charge in [0.05, 0.1) is 16.0 Å². The van der Waals surface area contributed by atoms with E-state index in [1.54, 1.807) is 28.8 Å². The van der Waals surface area contributed by atoms with E-state index in [9.17, 15) is 10.1 Å². The van der Waals surface area contributed by atoms with Gasteiger partial charge in [0.1, 0.15) is 17.1 Å². The Morgan fingerprint density at radius 1 is 1.00 bits per heavy atom. The van der Waals surface area contributed by atoms with E-state index in [1.165, 1.54) is 18.5 Å². The van der Waals surface area contributed by atoms with Crippen molar-refractivity contribution in [2.45, 2.75) is 6.92 Å². The van der Waals surface area contributed by atoms with Crippen LogP contribution in [-0.2, 0) is 0 Å². The summed E-state index contributed by atoms with van der Waals surface area (Å²) in [6, 6.07) is 13.5. The average molecular weight is 399 g/mol. The topological polar surface area (TPSA) is 73.8 Å². The molecule has 6 nitrogen and oxygen atoms in total. The zero-order chi connectivity index (χ0) is 19.1. The minimum absolute atomic E-state index is 0.00932. The standard InChI is InChI=1S/C19H12Cl2N4O2/c1-11-16-17(12-2-4-13(20)5-3-12)18(21)24(19(16)23-10-22-11)14-6-8-15(9-7-14)25(26)27/h2-10H,1H3. The first kappa shape index (κ1) is 17.5. The molecular weight excluding hydrogens is 387 g/mol. The molecule has 0 aliphatic rings. The molecule has 0 aliphatic heterocycles. The summed E-state index contributed by atoms with van der Waals surface area (Å²) in [4.78, 5) is 19.2. The number of nitrogens with zero attached hydrogens (tertiary/aromatic N) is 4. The van der Waals surface area contributed by atoms with Crippen molar-refractivity contribution >= 4 is 39.9 Å². The smallest absolute Gasteiger partial charge is 0.269 e. The number of halogens is 2. The maximum Gasteiger partial charge on any atom is 0.269 e. The Hall–Kier alpha value is -2.96. The normalized spacial score (nSPS) is 11.1. The van der Waals surface area contributed by atoms with Crippen molar-refractivity contribution in [3.05, 3.63) is 80.8 Å². The van der Waals surface area contributed by atoms with Gasteiger partial charge in [-0.1, -0.05) is 35.3 Å². The Morgan fingerprint density at radius 2 is 1.67 bits per heavy atom. The fraction of sp³-hybridized carbons (Fsp3) is 0.0526.